The van der Waals surface area contributed by atoms with Gasteiger partial charge < -0.3 is 4.74 Å². The fourth-order valence-corrected chi connectivity index (χ4v) is 6.51. The van der Waals surface area contributed by atoms with Crippen molar-refractivity contribution in [2.45, 2.75) is 11.8 Å². The van der Waals surface area contributed by atoms with Crippen molar-refractivity contribution in [2.24, 2.45) is 11.8 Å². The molecule has 8 heteroatoms. The summed E-state index contributed by atoms with van der Waals surface area (Å²) in [7, 11) is 0. The van der Waals surface area contributed by atoms with Gasteiger partial charge >= 0.3 is 5.97 Å². The maximum Gasteiger partial charge on any atom is 0.343 e. The third-order valence-corrected chi connectivity index (χ3v) is 8.05. The van der Waals surface area contributed by atoms with Crippen molar-refractivity contribution < 1.29 is 24.0 Å². The lowest BCUT2D eigenvalue weighted by Gasteiger charge is -2.45. The number of nitrogens with zero attached hydrogens (tertiary/aromatic N) is 2. The molecule has 0 unspecified atom stereocenters. The molecule has 4 aromatic rings. The van der Waals surface area contributed by atoms with E-state index in [4.69, 9.17) is 4.74 Å². The number of imide groups is 1. The molecule has 4 aliphatic rings. The van der Waals surface area contributed by atoms with Crippen LogP contribution in [0, 0.1) is 22.0 Å². The summed E-state index contributed by atoms with van der Waals surface area (Å²) in [5, 5.41) is 11.0. The van der Waals surface area contributed by atoms with Crippen LogP contribution in [-0.2, 0) is 9.59 Å². The molecule has 2 atom stereocenters. The van der Waals surface area contributed by atoms with Gasteiger partial charge in [0.1, 0.15) is 5.75 Å². The zero-order chi connectivity index (χ0) is 26.8. The Morgan fingerprint density at radius 1 is 0.718 bits per heavy atom. The first kappa shape index (κ1) is 23.0. The summed E-state index contributed by atoms with van der Waals surface area (Å²) < 4.78 is 5.38. The molecule has 0 saturated carbocycles. The van der Waals surface area contributed by atoms with Crippen LogP contribution in [0.4, 0.5) is 11.4 Å². The van der Waals surface area contributed by atoms with E-state index in [1.54, 1.807) is 12.1 Å². The zero-order valence-corrected chi connectivity index (χ0v) is 20.4. The van der Waals surface area contributed by atoms with Crippen molar-refractivity contribution in [3.63, 3.8) is 0 Å². The van der Waals surface area contributed by atoms with Crippen molar-refractivity contribution in [1.29, 1.82) is 0 Å². The number of esters is 1. The Kier molecular flexibility index (Phi) is 5.00. The Balaban J connectivity index is 1.18. The molecule has 0 radical (unpaired) electrons. The molecule has 39 heavy (non-hydrogen) atoms. The van der Waals surface area contributed by atoms with Crippen molar-refractivity contribution in [3.05, 3.63) is 135 Å². The third kappa shape index (κ3) is 3.34. The molecule has 190 valence electrons. The largest absolute Gasteiger partial charge is 0.423 e. The first-order chi connectivity index (χ1) is 18.9. The molecule has 3 aliphatic carbocycles. The van der Waals surface area contributed by atoms with Crippen LogP contribution in [0.2, 0.25) is 0 Å². The smallest absolute Gasteiger partial charge is 0.343 e. The van der Waals surface area contributed by atoms with Crippen LogP contribution in [0.1, 0.15) is 44.4 Å². The Hall–Kier alpha value is -5.11. The van der Waals surface area contributed by atoms with E-state index in [-0.39, 0.29) is 40.7 Å². The van der Waals surface area contributed by atoms with Crippen molar-refractivity contribution in [3.8, 4) is 5.75 Å². The van der Waals surface area contributed by atoms with E-state index < -0.39 is 22.7 Å². The SMILES string of the molecule is O=C(Oc1ccc(N2C(=O)[C@@H]3C4c5ccccc5C(c5ccccc54)[C@H]3C2=O)cc1)c1cccc([N+](=O)[O-])c1. The molecule has 2 amide bonds. The number of ether oxygens (including phenoxy) is 1. The van der Waals surface area contributed by atoms with Gasteiger partial charge in [0.25, 0.3) is 5.69 Å². The number of hydrogen-bond donors (Lipinski definition) is 0. The minimum atomic E-state index is -0.752. The lowest BCUT2D eigenvalue weighted by molar-refractivity contribution is -0.384. The molecule has 1 saturated heterocycles. The second-order valence-electron chi connectivity index (χ2n) is 9.97. The lowest BCUT2D eigenvalue weighted by Crippen LogP contribution is -2.41. The fourth-order valence-electron chi connectivity index (χ4n) is 6.51. The van der Waals surface area contributed by atoms with Gasteiger partial charge in [0.15, 0.2) is 0 Å². The highest BCUT2D eigenvalue weighted by molar-refractivity contribution is 6.23. The number of nitro groups is 1. The zero-order valence-electron chi connectivity index (χ0n) is 20.4. The highest BCUT2D eigenvalue weighted by Crippen LogP contribution is 2.61. The van der Waals surface area contributed by atoms with Gasteiger partial charge in [-0.25, -0.2) is 9.69 Å². The molecule has 0 aromatic heterocycles. The van der Waals surface area contributed by atoms with Gasteiger partial charge in [-0.2, -0.15) is 0 Å². The summed E-state index contributed by atoms with van der Waals surface area (Å²) in [5.74, 6) is -2.38. The minimum absolute atomic E-state index is 0.0388. The van der Waals surface area contributed by atoms with Gasteiger partial charge in [0.2, 0.25) is 11.8 Å². The second-order valence-corrected chi connectivity index (χ2v) is 9.97. The average molecular weight is 517 g/mol. The summed E-state index contributed by atoms with van der Waals surface area (Å²) in [6, 6.07) is 27.6. The highest BCUT2D eigenvalue weighted by atomic mass is 16.6. The van der Waals surface area contributed by atoms with Gasteiger partial charge in [-0.05, 0) is 52.6 Å². The number of non-ortho nitro benzene ring substituents is 1. The van der Waals surface area contributed by atoms with Crippen LogP contribution in [0.3, 0.4) is 0 Å². The van der Waals surface area contributed by atoms with Crippen LogP contribution >= 0.6 is 0 Å². The van der Waals surface area contributed by atoms with E-state index in [2.05, 4.69) is 24.3 Å². The van der Waals surface area contributed by atoms with Gasteiger partial charge in [0.05, 0.1) is 28.0 Å². The second kappa shape index (κ2) is 8.46. The molecule has 8 nitrogen and oxygen atoms in total. The topological polar surface area (TPSA) is 107 Å². The number of benzene rings is 4. The monoisotopic (exact) mass is 516 g/mol. The number of amides is 2. The molecule has 8 rings (SSSR count). The van der Waals surface area contributed by atoms with Gasteiger partial charge in [-0.15, -0.1) is 0 Å². The third-order valence-electron chi connectivity index (χ3n) is 8.05. The molecule has 1 fully saturated rings. The van der Waals surface area contributed by atoms with Crippen LogP contribution in [0.15, 0.2) is 97.1 Å². The molecular weight excluding hydrogens is 496 g/mol. The van der Waals surface area contributed by atoms with E-state index in [9.17, 15) is 24.5 Å². The van der Waals surface area contributed by atoms with Gasteiger partial charge in [-0.1, -0.05) is 54.6 Å². The average Bonchev–Trinajstić information content (AvgIpc) is 3.23. The first-order valence-corrected chi connectivity index (χ1v) is 12.6. The summed E-state index contributed by atoms with van der Waals surface area (Å²) in [6.07, 6.45) is 0. The Bertz CT molecular complexity index is 1600. The number of anilines is 1. The summed E-state index contributed by atoms with van der Waals surface area (Å²) in [6.45, 7) is 0. The van der Waals surface area contributed by atoms with Crippen LogP contribution < -0.4 is 9.64 Å². The lowest BCUT2D eigenvalue weighted by atomic mass is 9.55. The first-order valence-electron chi connectivity index (χ1n) is 12.6. The minimum Gasteiger partial charge on any atom is -0.423 e. The Morgan fingerprint density at radius 2 is 1.23 bits per heavy atom. The molecule has 1 heterocycles. The van der Waals surface area contributed by atoms with E-state index in [1.807, 2.05) is 24.3 Å². The van der Waals surface area contributed by atoms with Crippen molar-refractivity contribution in [2.75, 3.05) is 4.90 Å². The predicted molar refractivity (Wildman–Crippen MR) is 141 cm³/mol. The molecule has 4 aromatic carbocycles. The molecule has 0 spiro atoms. The van der Waals surface area contributed by atoms with Crippen LogP contribution in [0.25, 0.3) is 0 Å². The van der Waals surface area contributed by atoms with Crippen molar-refractivity contribution >= 4 is 29.2 Å². The summed E-state index contributed by atoms with van der Waals surface area (Å²) in [5.41, 5.74) is 4.65. The van der Waals surface area contributed by atoms with E-state index in [1.165, 1.54) is 35.2 Å². The molecule has 2 bridgehead atoms. The standard InChI is InChI=1S/C31H20N2O6/c34-29-27-25-21-8-1-2-9-22(21)26(24-11-4-3-10-23(24)25)28(27)30(35)32(29)18-12-14-20(15-13-18)39-31(36)17-6-5-7-19(16-17)33(37)38/h1-16,25-28H/t25?,26?,27-,28-/m1/s1. The van der Waals surface area contributed by atoms with E-state index in [0.29, 0.717) is 5.69 Å². The highest BCUT2D eigenvalue weighted by Gasteiger charge is 2.61. The Labute approximate surface area is 222 Å². The summed E-state index contributed by atoms with van der Waals surface area (Å²) >= 11 is 0. The van der Waals surface area contributed by atoms with E-state index in [0.717, 1.165) is 28.3 Å². The maximum absolute atomic E-state index is 13.9. The van der Waals surface area contributed by atoms with Gasteiger partial charge in [-0.3, -0.25) is 19.7 Å². The maximum atomic E-state index is 13.9. The van der Waals surface area contributed by atoms with Crippen LogP contribution in [0.5, 0.6) is 5.75 Å². The normalized spacial score (nSPS) is 22.2. The molecular formula is C31H20N2O6. The van der Waals surface area contributed by atoms with Crippen molar-refractivity contribution in [1.82, 2.24) is 0 Å². The molecule has 1 aliphatic heterocycles. The quantitative estimate of drug-likeness (QED) is 0.121. The van der Waals surface area contributed by atoms with Crippen LogP contribution in [-0.4, -0.2) is 22.7 Å². The Morgan fingerprint density at radius 3 is 1.72 bits per heavy atom. The van der Waals surface area contributed by atoms with E-state index >= 15 is 0 Å². The number of nitro benzene ring substituents is 1. The molecule has 0 N–H and O–H groups in total. The number of carbonyl (C=O) groups excluding carboxylic acids is 3. The summed E-state index contributed by atoms with van der Waals surface area (Å²) in [4.78, 5) is 51.9. The number of hydrogen-bond acceptors (Lipinski definition) is 6. The number of carbonyl (C=O) groups is 3. The number of rotatable bonds is 4. The fraction of sp³-hybridized carbons (Fsp3) is 0.129. The van der Waals surface area contributed by atoms with Gasteiger partial charge in [0, 0.05) is 24.0 Å². The predicted octanol–water partition coefficient (Wildman–Crippen LogP) is 5.21.